The molecule has 0 spiro atoms. The maximum Gasteiger partial charge on any atom is 0.339 e. The Morgan fingerprint density at radius 3 is 2.81 bits per heavy atom. The lowest BCUT2D eigenvalue weighted by Crippen LogP contribution is -2.41. The molecule has 3 aromatic rings. The van der Waals surface area contributed by atoms with Crippen LogP contribution < -0.4 is 10.4 Å². The molecule has 1 saturated carbocycles. The summed E-state index contributed by atoms with van der Waals surface area (Å²) in [6.45, 7) is 4.19. The lowest BCUT2D eigenvalue weighted by molar-refractivity contribution is -0.139. The van der Waals surface area contributed by atoms with Crippen molar-refractivity contribution in [3.8, 4) is 5.75 Å². The van der Waals surface area contributed by atoms with Crippen molar-refractivity contribution < 1.29 is 13.9 Å². The summed E-state index contributed by atoms with van der Waals surface area (Å²) in [6, 6.07) is 7.97. The quantitative estimate of drug-likeness (QED) is 0.567. The number of rotatable bonds is 6. The first-order valence-corrected chi connectivity index (χ1v) is 11.0. The standard InChI is InChI=1S/C25H26N2O4/c1-15-22(11-10-20-19-6-3-7-21(19)25(29)31-23(15)20)30-16(2)24(28)27(18-8-9-18)14-17-5-4-12-26-13-17/h4-5,10-13,16,18H,3,6-9,14H2,1-2H3. The molecule has 1 atom stereocenters. The molecule has 160 valence electrons. The predicted octanol–water partition coefficient (Wildman–Crippen LogP) is 3.94. The van der Waals surface area contributed by atoms with Crippen molar-refractivity contribution in [1.82, 2.24) is 9.88 Å². The number of hydrogen-bond donors (Lipinski definition) is 0. The molecule has 31 heavy (non-hydrogen) atoms. The largest absolute Gasteiger partial charge is 0.480 e. The van der Waals surface area contributed by atoms with Crippen LogP contribution in [0.25, 0.3) is 11.0 Å². The van der Waals surface area contributed by atoms with Gasteiger partial charge in [0.15, 0.2) is 6.10 Å². The average molecular weight is 418 g/mol. The van der Waals surface area contributed by atoms with Gasteiger partial charge in [0.2, 0.25) is 0 Å². The van der Waals surface area contributed by atoms with Gasteiger partial charge in [-0.05, 0) is 75.3 Å². The van der Waals surface area contributed by atoms with E-state index < -0.39 is 6.10 Å². The Morgan fingerprint density at radius 2 is 2.06 bits per heavy atom. The van der Waals surface area contributed by atoms with Crippen molar-refractivity contribution in [1.29, 1.82) is 0 Å². The fourth-order valence-electron chi connectivity index (χ4n) is 4.53. The van der Waals surface area contributed by atoms with Gasteiger partial charge in [-0.15, -0.1) is 0 Å². The van der Waals surface area contributed by atoms with Crippen LogP contribution >= 0.6 is 0 Å². The molecule has 1 unspecified atom stereocenters. The van der Waals surface area contributed by atoms with Crippen molar-refractivity contribution in [3.63, 3.8) is 0 Å². The van der Waals surface area contributed by atoms with Gasteiger partial charge in [-0.2, -0.15) is 0 Å². The Kier molecular flexibility index (Phi) is 5.00. The summed E-state index contributed by atoms with van der Waals surface area (Å²) >= 11 is 0. The highest BCUT2D eigenvalue weighted by Crippen LogP contribution is 2.34. The first-order chi connectivity index (χ1) is 15.0. The Hall–Kier alpha value is -3.15. The number of hydrogen-bond acceptors (Lipinski definition) is 5. The van der Waals surface area contributed by atoms with Crippen LogP contribution in [0, 0.1) is 6.92 Å². The van der Waals surface area contributed by atoms with Gasteiger partial charge < -0.3 is 14.1 Å². The van der Waals surface area contributed by atoms with Gasteiger partial charge in [0.25, 0.3) is 5.91 Å². The van der Waals surface area contributed by atoms with Crippen LogP contribution in [0.2, 0.25) is 0 Å². The van der Waals surface area contributed by atoms with E-state index in [1.54, 1.807) is 19.3 Å². The molecule has 0 radical (unpaired) electrons. The Morgan fingerprint density at radius 1 is 1.26 bits per heavy atom. The Bertz CT molecular complexity index is 1200. The fourth-order valence-corrected chi connectivity index (χ4v) is 4.53. The molecule has 2 aliphatic rings. The maximum atomic E-state index is 13.2. The molecule has 6 nitrogen and oxygen atoms in total. The number of aromatic nitrogens is 1. The summed E-state index contributed by atoms with van der Waals surface area (Å²) in [5.74, 6) is 0.535. The number of ether oxygens (including phenoxy) is 1. The van der Waals surface area contributed by atoms with Crippen molar-refractivity contribution in [2.45, 2.75) is 64.6 Å². The summed E-state index contributed by atoms with van der Waals surface area (Å²) < 4.78 is 11.8. The van der Waals surface area contributed by atoms with Crippen LogP contribution in [0.5, 0.6) is 5.75 Å². The zero-order chi connectivity index (χ0) is 21.5. The number of carbonyl (C=O) groups excluding carboxylic acids is 1. The summed E-state index contributed by atoms with van der Waals surface area (Å²) in [4.78, 5) is 31.7. The number of nitrogens with zero attached hydrogens (tertiary/aromatic N) is 2. The highest BCUT2D eigenvalue weighted by molar-refractivity contribution is 5.87. The van der Waals surface area contributed by atoms with Gasteiger partial charge in [-0.3, -0.25) is 9.78 Å². The van der Waals surface area contributed by atoms with Crippen LogP contribution in [0.3, 0.4) is 0 Å². The van der Waals surface area contributed by atoms with Gasteiger partial charge in [0, 0.05) is 41.5 Å². The molecule has 2 aromatic heterocycles. The molecule has 5 rings (SSSR count). The SMILES string of the molecule is Cc1c(OC(C)C(=O)N(Cc2cccnc2)C2CC2)ccc2c3c(c(=O)oc12)CCC3. The minimum absolute atomic E-state index is 0.0405. The first-order valence-electron chi connectivity index (χ1n) is 11.0. The topological polar surface area (TPSA) is 72.6 Å². The van der Waals surface area contributed by atoms with Crippen molar-refractivity contribution in [3.05, 3.63) is 69.3 Å². The molecule has 6 heteroatoms. The van der Waals surface area contributed by atoms with E-state index >= 15 is 0 Å². The summed E-state index contributed by atoms with van der Waals surface area (Å²) in [7, 11) is 0. The van der Waals surface area contributed by atoms with Gasteiger partial charge in [-0.25, -0.2) is 4.79 Å². The molecule has 0 bridgehead atoms. The molecular formula is C25H26N2O4. The molecule has 1 amide bonds. The molecule has 1 aromatic carbocycles. The number of amides is 1. The van der Waals surface area contributed by atoms with Crippen molar-refractivity contribution >= 4 is 16.9 Å². The van der Waals surface area contributed by atoms with E-state index in [-0.39, 0.29) is 17.6 Å². The van der Waals surface area contributed by atoms with Crippen LogP contribution in [-0.4, -0.2) is 27.9 Å². The minimum atomic E-state index is -0.644. The third kappa shape index (κ3) is 3.71. The molecule has 2 aliphatic carbocycles. The third-order valence-electron chi connectivity index (χ3n) is 6.34. The first kappa shape index (κ1) is 19.8. The molecular weight excluding hydrogens is 392 g/mol. The van der Waals surface area contributed by atoms with Crippen LogP contribution in [-0.2, 0) is 24.2 Å². The lowest BCUT2D eigenvalue weighted by atomic mass is 10.0. The number of carbonyl (C=O) groups is 1. The molecule has 2 heterocycles. The Labute approximate surface area is 180 Å². The second-order valence-corrected chi connectivity index (χ2v) is 8.58. The Balaban J connectivity index is 1.40. The zero-order valence-corrected chi connectivity index (χ0v) is 17.9. The summed E-state index contributed by atoms with van der Waals surface area (Å²) in [5, 5.41) is 0.979. The maximum absolute atomic E-state index is 13.2. The van der Waals surface area contributed by atoms with Gasteiger partial charge in [-0.1, -0.05) is 6.07 Å². The highest BCUT2D eigenvalue weighted by Gasteiger charge is 2.35. The van der Waals surface area contributed by atoms with Crippen molar-refractivity contribution in [2.24, 2.45) is 0 Å². The normalized spacial score (nSPS) is 16.2. The molecule has 0 aliphatic heterocycles. The number of benzene rings is 1. The predicted molar refractivity (Wildman–Crippen MR) is 117 cm³/mol. The van der Waals surface area contributed by atoms with E-state index in [0.29, 0.717) is 17.9 Å². The van der Waals surface area contributed by atoms with Gasteiger partial charge in [0.05, 0.1) is 0 Å². The number of aryl methyl sites for hydroxylation is 2. The van der Waals surface area contributed by atoms with E-state index in [1.165, 1.54) is 0 Å². The second-order valence-electron chi connectivity index (χ2n) is 8.58. The van der Waals surface area contributed by atoms with E-state index in [4.69, 9.17) is 9.15 Å². The minimum Gasteiger partial charge on any atom is -0.480 e. The summed E-state index contributed by atoms with van der Waals surface area (Å²) in [5.41, 5.74) is 3.99. The highest BCUT2D eigenvalue weighted by atomic mass is 16.5. The fraction of sp³-hybridized carbons (Fsp3) is 0.400. The van der Waals surface area contributed by atoms with E-state index in [1.807, 2.05) is 36.1 Å². The molecule has 1 fully saturated rings. The van der Waals surface area contributed by atoms with Gasteiger partial charge >= 0.3 is 5.63 Å². The van der Waals surface area contributed by atoms with Crippen LogP contribution in [0.1, 0.15) is 48.4 Å². The molecule has 0 saturated heterocycles. The average Bonchev–Trinajstić information content (AvgIpc) is 3.49. The number of pyridine rings is 1. The zero-order valence-electron chi connectivity index (χ0n) is 17.9. The lowest BCUT2D eigenvalue weighted by Gasteiger charge is -2.26. The van der Waals surface area contributed by atoms with E-state index in [0.717, 1.165) is 59.7 Å². The van der Waals surface area contributed by atoms with E-state index in [2.05, 4.69) is 4.98 Å². The van der Waals surface area contributed by atoms with Crippen LogP contribution in [0.4, 0.5) is 0 Å². The summed E-state index contributed by atoms with van der Waals surface area (Å²) in [6.07, 6.45) is 7.58. The second kappa shape index (κ2) is 7.84. The van der Waals surface area contributed by atoms with Crippen molar-refractivity contribution in [2.75, 3.05) is 0 Å². The smallest absolute Gasteiger partial charge is 0.339 e. The van der Waals surface area contributed by atoms with E-state index in [9.17, 15) is 9.59 Å². The third-order valence-corrected chi connectivity index (χ3v) is 6.34. The number of fused-ring (bicyclic) bond motifs is 3. The van der Waals surface area contributed by atoms with Gasteiger partial charge in [0.1, 0.15) is 11.3 Å². The van der Waals surface area contributed by atoms with Crippen LogP contribution in [0.15, 0.2) is 45.9 Å². The molecule has 0 N–H and O–H groups in total. The monoisotopic (exact) mass is 418 g/mol.